The fourth-order valence-electron chi connectivity index (χ4n) is 1.24. The molecule has 0 saturated heterocycles. The van der Waals surface area contributed by atoms with Gasteiger partial charge in [-0.15, -0.1) is 0 Å². The molecule has 18 heavy (non-hydrogen) atoms. The monoisotopic (exact) mass is 330 g/mol. The maximum Gasteiger partial charge on any atom is 0.144 e. The van der Waals surface area contributed by atoms with Crippen LogP contribution < -0.4 is 0 Å². The van der Waals surface area contributed by atoms with Gasteiger partial charge in [-0.3, -0.25) is 0 Å². The van der Waals surface area contributed by atoms with Gasteiger partial charge in [0.1, 0.15) is 20.7 Å². The zero-order chi connectivity index (χ0) is 13.6. The van der Waals surface area contributed by atoms with Crippen LogP contribution in [0.25, 0.3) is 0 Å². The highest BCUT2D eigenvalue weighted by Gasteiger charge is 2.25. The second-order valence-corrected chi connectivity index (χ2v) is 7.74. The van der Waals surface area contributed by atoms with Crippen molar-refractivity contribution in [2.75, 3.05) is 0 Å². The number of rotatable bonds is 5. The van der Waals surface area contributed by atoms with E-state index in [4.69, 9.17) is 0 Å². The largest absolute Gasteiger partial charge is 0.591 e. The Kier molecular flexibility index (Phi) is 6.32. The highest BCUT2D eigenvalue weighted by molar-refractivity contribution is 9.10. The maximum atomic E-state index is 11.6. The van der Waals surface area contributed by atoms with E-state index in [0.717, 1.165) is 29.6 Å². The molecule has 3 nitrogen and oxygen atoms in total. The lowest BCUT2D eigenvalue weighted by atomic mass is 10.2. The van der Waals surface area contributed by atoms with Gasteiger partial charge in [0.2, 0.25) is 0 Å². The number of hydrogen-bond donors (Lipinski definition) is 0. The van der Waals surface area contributed by atoms with Gasteiger partial charge < -0.3 is 4.55 Å². The van der Waals surface area contributed by atoms with Gasteiger partial charge in [-0.1, -0.05) is 10.5 Å². The Morgan fingerprint density at radius 2 is 2.17 bits per heavy atom. The van der Waals surface area contributed by atoms with Gasteiger partial charge in [0.05, 0.1) is 6.21 Å². The number of pyridine rings is 1. The summed E-state index contributed by atoms with van der Waals surface area (Å²) in [6.45, 7) is 5.77. The van der Waals surface area contributed by atoms with Crippen molar-refractivity contribution in [2.45, 2.75) is 44.8 Å². The van der Waals surface area contributed by atoms with Gasteiger partial charge in [-0.05, 0) is 68.1 Å². The highest BCUT2D eigenvalue weighted by Crippen LogP contribution is 2.16. The number of unbranched alkanes of at least 4 members (excludes halogenated alkanes) is 1. The molecule has 0 fully saturated rings. The molecule has 0 aliphatic heterocycles. The summed E-state index contributed by atoms with van der Waals surface area (Å²) >= 11 is 2.21. The fourth-order valence-corrected chi connectivity index (χ4v) is 2.18. The summed E-state index contributed by atoms with van der Waals surface area (Å²) in [6.07, 6.45) is 4.47. The molecule has 0 unspecified atom stereocenters. The van der Waals surface area contributed by atoms with Crippen LogP contribution in [0, 0.1) is 0 Å². The van der Waals surface area contributed by atoms with Crippen LogP contribution in [0.3, 0.4) is 0 Å². The van der Waals surface area contributed by atoms with Crippen molar-refractivity contribution in [2.24, 2.45) is 4.40 Å². The van der Waals surface area contributed by atoms with Crippen molar-refractivity contribution in [3.05, 3.63) is 28.5 Å². The van der Waals surface area contributed by atoms with E-state index in [-0.39, 0.29) is 4.75 Å². The molecule has 0 amide bonds. The molecule has 0 radical (unpaired) electrons. The molecule has 5 heteroatoms. The van der Waals surface area contributed by atoms with Gasteiger partial charge in [-0.2, -0.15) is 0 Å². The first-order chi connectivity index (χ1) is 8.39. The van der Waals surface area contributed by atoms with E-state index in [1.807, 2.05) is 39.0 Å². The Labute approximate surface area is 121 Å². The van der Waals surface area contributed by atoms with E-state index < -0.39 is 11.4 Å². The van der Waals surface area contributed by atoms with E-state index in [2.05, 4.69) is 25.3 Å². The molecule has 1 aromatic rings. The molecule has 1 heterocycles. The Morgan fingerprint density at radius 3 is 2.78 bits per heavy atom. The van der Waals surface area contributed by atoms with E-state index in [1.54, 1.807) is 6.21 Å². The van der Waals surface area contributed by atoms with Gasteiger partial charge in [0.15, 0.2) is 0 Å². The lowest BCUT2D eigenvalue weighted by Gasteiger charge is -2.17. The summed E-state index contributed by atoms with van der Waals surface area (Å²) in [4.78, 5) is 4.36. The highest BCUT2D eigenvalue weighted by atomic mass is 79.9. The second-order valence-electron chi connectivity index (χ2n) is 4.99. The average Bonchev–Trinajstić information content (AvgIpc) is 2.27. The van der Waals surface area contributed by atoms with Crippen LogP contribution >= 0.6 is 15.9 Å². The van der Waals surface area contributed by atoms with E-state index in [0.29, 0.717) is 0 Å². The molecule has 0 N–H and O–H groups in total. The standard InChI is InChI=1S/C13H19BrN2OS/c1-13(2,3)18(17)15-10-5-4-7-11-8-6-9-12(14)16-11/h6,8-10H,4-5,7H2,1-3H3/b15-10+/t18-/m1/s1. The van der Waals surface area contributed by atoms with Crippen LogP contribution in [-0.4, -0.2) is 20.5 Å². The molecule has 0 aliphatic carbocycles. The minimum absolute atomic E-state index is 0.275. The number of hydrogen-bond acceptors (Lipinski definition) is 3. The molecular formula is C13H19BrN2OS. The quantitative estimate of drug-likeness (QED) is 0.357. The van der Waals surface area contributed by atoms with Crippen LogP contribution in [0.4, 0.5) is 0 Å². The lowest BCUT2D eigenvalue weighted by molar-refractivity contribution is 0.561. The Morgan fingerprint density at radius 1 is 1.44 bits per heavy atom. The van der Waals surface area contributed by atoms with Crippen molar-refractivity contribution in [1.29, 1.82) is 0 Å². The van der Waals surface area contributed by atoms with Crippen molar-refractivity contribution in [3.63, 3.8) is 0 Å². The van der Waals surface area contributed by atoms with Crippen LogP contribution in [0.2, 0.25) is 0 Å². The molecule has 1 aromatic heterocycles. The summed E-state index contributed by atoms with van der Waals surface area (Å²) < 4.78 is 16.3. The number of aromatic nitrogens is 1. The third-order valence-corrected chi connectivity index (χ3v) is 4.06. The van der Waals surface area contributed by atoms with Gasteiger partial charge in [0, 0.05) is 5.69 Å². The van der Waals surface area contributed by atoms with Crippen molar-refractivity contribution in [1.82, 2.24) is 4.98 Å². The first kappa shape index (κ1) is 15.7. The first-order valence-corrected chi connectivity index (χ1v) is 7.85. The number of aryl methyl sites for hydroxylation is 1. The Hall–Kier alpha value is -0.390. The SMILES string of the molecule is CC(C)(C)[S@@+]([O-])/N=C/CCCc1cccc(Br)n1. The van der Waals surface area contributed by atoms with Gasteiger partial charge >= 0.3 is 0 Å². The fraction of sp³-hybridized carbons (Fsp3) is 0.538. The third kappa shape index (κ3) is 5.98. The zero-order valence-electron chi connectivity index (χ0n) is 11.0. The van der Waals surface area contributed by atoms with E-state index >= 15 is 0 Å². The molecule has 1 rings (SSSR count). The summed E-state index contributed by atoms with van der Waals surface area (Å²) in [7, 11) is 0. The minimum Gasteiger partial charge on any atom is -0.591 e. The number of halogens is 1. The Bertz CT molecular complexity index is 404. The second kappa shape index (κ2) is 7.26. The summed E-state index contributed by atoms with van der Waals surface area (Å²) in [5.74, 6) is 0. The topological polar surface area (TPSA) is 48.3 Å². The molecule has 0 spiro atoms. The Balaban J connectivity index is 2.29. The summed E-state index contributed by atoms with van der Waals surface area (Å²) in [6, 6.07) is 5.90. The third-order valence-electron chi connectivity index (χ3n) is 2.23. The van der Waals surface area contributed by atoms with Crippen molar-refractivity contribution >= 4 is 33.5 Å². The molecule has 0 bridgehead atoms. The number of nitrogens with zero attached hydrogens (tertiary/aromatic N) is 2. The molecule has 1 atom stereocenters. The summed E-state index contributed by atoms with van der Waals surface area (Å²) in [5.41, 5.74) is 1.06. The maximum absolute atomic E-state index is 11.6. The molecule has 100 valence electrons. The molecule has 0 saturated carbocycles. The molecule has 0 aromatic carbocycles. The van der Waals surface area contributed by atoms with Crippen LogP contribution in [-0.2, 0) is 17.8 Å². The predicted molar refractivity (Wildman–Crippen MR) is 81.3 cm³/mol. The first-order valence-electron chi connectivity index (χ1n) is 5.95. The predicted octanol–water partition coefficient (Wildman–Crippen LogP) is 3.70. The van der Waals surface area contributed by atoms with Crippen LogP contribution in [0.1, 0.15) is 39.3 Å². The van der Waals surface area contributed by atoms with E-state index in [9.17, 15) is 4.55 Å². The van der Waals surface area contributed by atoms with E-state index in [1.165, 1.54) is 0 Å². The van der Waals surface area contributed by atoms with Gasteiger partial charge in [0.25, 0.3) is 0 Å². The smallest absolute Gasteiger partial charge is 0.144 e. The average molecular weight is 331 g/mol. The summed E-state index contributed by atoms with van der Waals surface area (Å²) in [5, 5.41) is 0. The molecular weight excluding hydrogens is 312 g/mol. The van der Waals surface area contributed by atoms with Crippen LogP contribution in [0.5, 0.6) is 0 Å². The molecule has 0 aliphatic rings. The zero-order valence-corrected chi connectivity index (χ0v) is 13.4. The minimum atomic E-state index is -1.14. The van der Waals surface area contributed by atoms with Crippen molar-refractivity contribution < 1.29 is 4.55 Å². The van der Waals surface area contributed by atoms with Gasteiger partial charge in [-0.25, -0.2) is 4.98 Å². The van der Waals surface area contributed by atoms with Crippen molar-refractivity contribution in [3.8, 4) is 0 Å². The van der Waals surface area contributed by atoms with Crippen LogP contribution in [0.15, 0.2) is 27.2 Å². The lowest BCUT2D eigenvalue weighted by Crippen LogP contribution is -2.25. The normalized spacial score (nSPS) is 14.1.